The molecule has 2 rings (SSSR count). The Kier molecular flexibility index (Phi) is 4.45. The molecule has 2 aliphatic rings. The number of hydrogen-bond acceptors (Lipinski definition) is 3. The zero-order chi connectivity index (χ0) is 12.3. The molecule has 0 aromatic heterocycles. The van der Waals surface area contributed by atoms with Crippen LogP contribution in [-0.2, 0) is 4.74 Å². The number of aliphatic hydroxyl groups is 1. The fourth-order valence-corrected chi connectivity index (χ4v) is 3.03. The summed E-state index contributed by atoms with van der Waals surface area (Å²) >= 11 is 0. The van der Waals surface area contributed by atoms with Gasteiger partial charge in [0.25, 0.3) is 0 Å². The second kappa shape index (κ2) is 5.68. The number of ether oxygens (including phenoxy) is 1. The van der Waals surface area contributed by atoms with Crippen molar-refractivity contribution >= 4 is 0 Å². The molecule has 2 atom stereocenters. The van der Waals surface area contributed by atoms with Crippen molar-refractivity contribution in [2.45, 2.75) is 57.7 Å². The summed E-state index contributed by atoms with van der Waals surface area (Å²) in [6, 6.07) is 0. The van der Waals surface area contributed by atoms with E-state index in [1.165, 1.54) is 25.7 Å². The minimum Gasteiger partial charge on any atom is -0.386 e. The lowest BCUT2D eigenvalue weighted by Gasteiger charge is -2.30. The molecule has 100 valence electrons. The fraction of sp³-hybridized carbons (Fsp3) is 1.00. The largest absolute Gasteiger partial charge is 0.386 e. The van der Waals surface area contributed by atoms with Crippen LogP contribution in [0.15, 0.2) is 0 Å². The van der Waals surface area contributed by atoms with Crippen LogP contribution in [-0.4, -0.2) is 36.5 Å². The first-order chi connectivity index (χ1) is 8.10. The molecule has 2 unspecified atom stereocenters. The summed E-state index contributed by atoms with van der Waals surface area (Å²) < 4.78 is 5.44. The molecule has 3 nitrogen and oxygen atoms in total. The van der Waals surface area contributed by atoms with Gasteiger partial charge in [0.15, 0.2) is 0 Å². The van der Waals surface area contributed by atoms with Gasteiger partial charge in [-0.05, 0) is 38.1 Å². The van der Waals surface area contributed by atoms with Crippen LogP contribution < -0.4 is 5.32 Å². The predicted octanol–water partition coefficient (Wildman–Crippen LogP) is 1.94. The van der Waals surface area contributed by atoms with Crippen LogP contribution in [0.3, 0.4) is 0 Å². The molecular formula is C14H27NO2. The van der Waals surface area contributed by atoms with E-state index in [9.17, 15) is 5.11 Å². The Morgan fingerprint density at radius 1 is 1.24 bits per heavy atom. The van der Waals surface area contributed by atoms with Crippen molar-refractivity contribution in [1.82, 2.24) is 5.32 Å². The molecule has 17 heavy (non-hydrogen) atoms. The Balaban J connectivity index is 1.66. The van der Waals surface area contributed by atoms with E-state index in [0.29, 0.717) is 13.2 Å². The minimum absolute atomic E-state index is 0.0265. The standard InChI is InChI=1S/C14H27NO2/c1-11-3-5-13(6-4-11)9-15-10-14(16)7-8-17-12(14)2/h11-13,15-16H,3-10H2,1-2H3. The highest BCUT2D eigenvalue weighted by Gasteiger charge is 2.39. The third kappa shape index (κ3) is 3.43. The van der Waals surface area contributed by atoms with Gasteiger partial charge >= 0.3 is 0 Å². The van der Waals surface area contributed by atoms with Gasteiger partial charge in [0.1, 0.15) is 5.60 Å². The average molecular weight is 241 g/mol. The van der Waals surface area contributed by atoms with Crippen molar-refractivity contribution in [1.29, 1.82) is 0 Å². The summed E-state index contributed by atoms with van der Waals surface area (Å²) in [5.74, 6) is 1.73. The number of hydrogen-bond donors (Lipinski definition) is 2. The summed E-state index contributed by atoms with van der Waals surface area (Å²) in [7, 11) is 0. The molecule has 1 saturated carbocycles. The van der Waals surface area contributed by atoms with Crippen LogP contribution in [0.5, 0.6) is 0 Å². The molecule has 0 bridgehead atoms. The van der Waals surface area contributed by atoms with Crippen LogP contribution in [0.1, 0.15) is 46.0 Å². The number of nitrogens with one attached hydrogen (secondary N) is 1. The monoisotopic (exact) mass is 241 g/mol. The second-order valence-electron chi connectivity index (χ2n) is 6.12. The Hall–Kier alpha value is -0.120. The quantitative estimate of drug-likeness (QED) is 0.790. The van der Waals surface area contributed by atoms with Crippen molar-refractivity contribution < 1.29 is 9.84 Å². The summed E-state index contributed by atoms with van der Waals surface area (Å²) in [4.78, 5) is 0. The summed E-state index contributed by atoms with van der Waals surface area (Å²) in [5.41, 5.74) is -0.637. The van der Waals surface area contributed by atoms with Gasteiger partial charge in [-0.3, -0.25) is 0 Å². The van der Waals surface area contributed by atoms with Gasteiger partial charge in [-0.25, -0.2) is 0 Å². The first kappa shape index (κ1) is 13.3. The van der Waals surface area contributed by atoms with Gasteiger partial charge in [0, 0.05) is 19.6 Å². The lowest BCUT2D eigenvalue weighted by molar-refractivity contribution is -0.0267. The minimum atomic E-state index is -0.637. The summed E-state index contributed by atoms with van der Waals surface area (Å²) in [6.45, 7) is 6.75. The van der Waals surface area contributed by atoms with Crippen molar-refractivity contribution in [3.05, 3.63) is 0 Å². The van der Waals surface area contributed by atoms with Crippen LogP contribution in [0, 0.1) is 11.8 Å². The summed E-state index contributed by atoms with van der Waals surface area (Å²) in [6.07, 6.45) is 6.17. The van der Waals surface area contributed by atoms with Crippen molar-refractivity contribution in [3.63, 3.8) is 0 Å². The Labute approximate surface area is 105 Å². The van der Waals surface area contributed by atoms with Gasteiger partial charge in [-0.1, -0.05) is 19.8 Å². The van der Waals surface area contributed by atoms with E-state index in [1.54, 1.807) is 0 Å². The maximum Gasteiger partial charge on any atom is 0.105 e. The van der Waals surface area contributed by atoms with E-state index in [0.717, 1.165) is 24.8 Å². The molecule has 3 heteroatoms. The highest BCUT2D eigenvalue weighted by atomic mass is 16.5. The normalized spacial score (nSPS) is 42.9. The Bertz CT molecular complexity index is 238. The second-order valence-corrected chi connectivity index (χ2v) is 6.12. The molecule has 0 radical (unpaired) electrons. The molecular weight excluding hydrogens is 214 g/mol. The molecule has 0 spiro atoms. The Morgan fingerprint density at radius 2 is 1.94 bits per heavy atom. The van der Waals surface area contributed by atoms with Gasteiger partial charge < -0.3 is 15.2 Å². The smallest absolute Gasteiger partial charge is 0.105 e. The molecule has 2 fully saturated rings. The zero-order valence-corrected chi connectivity index (χ0v) is 11.2. The first-order valence-corrected chi connectivity index (χ1v) is 7.15. The summed E-state index contributed by atoms with van der Waals surface area (Å²) in [5, 5.41) is 13.8. The van der Waals surface area contributed by atoms with E-state index >= 15 is 0 Å². The van der Waals surface area contributed by atoms with E-state index < -0.39 is 5.60 Å². The highest BCUT2D eigenvalue weighted by molar-refractivity contribution is 4.91. The van der Waals surface area contributed by atoms with Gasteiger partial charge in [0.05, 0.1) is 6.10 Å². The SMILES string of the molecule is CC1CCC(CNCC2(O)CCOC2C)CC1. The van der Waals surface area contributed by atoms with Crippen LogP contribution in [0.2, 0.25) is 0 Å². The van der Waals surface area contributed by atoms with Crippen molar-refractivity contribution in [3.8, 4) is 0 Å². The van der Waals surface area contributed by atoms with E-state index in [-0.39, 0.29) is 6.10 Å². The lowest BCUT2D eigenvalue weighted by Crippen LogP contribution is -2.47. The van der Waals surface area contributed by atoms with Crippen molar-refractivity contribution in [2.24, 2.45) is 11.8 Å². The third-order valence-corrected chi connectivity index (χ3v) is 4.66. The average Bonchev–Trinajstić information content (AvgIpc) is 2.63. The topological polar surface area (TPSA) is 41.5 Å². The van der Waals surface area contributed by atoms with Crippen LogP contribution in [0.4, 0.5) is 0 Å². The molecule has 1 aliphatic carbocycles. The first-order valence-electron chi connectivity index (χ1n) is 7.15. The van der Waals surface area contributed by atoms with E-state index in [1.807, 2.05) is 6.92 Å². The fourth-order valence-electron chi connectivity index (χ4n) is 3.03. The maximum absolute atomic E-state index is 10.3. The third-order valence-electron chi connectivity index (χ3n) is 4.66. The van der Waals surface area contributed by atoms with Crippen molar-refractivity contribution in [2.75, 3.05) is 19.7 Å². The predicted molar refractivity (Wildman–Crippen MR) is 69.0 cm³/mol. The number of rotatable bonds is 4. The van der Waals surface area contributed by atoms with Gasteiger partial charge in [-0.2, -0.15) is 0 Å². The van der Waals surface area contributed by atoms with E-state index in [4.69, 9.17) is 4.74 Å². The Morgan fingerprint density at radius 3 is 2.53 bits per heavy atom. The zero-order valence-electron chi connectivity index (χ0n) is 11.2. The highest BCUT2D eigenvalue weighted by Crippen LogP contribution is 2.28. The maximum atomic E-state index is 10.3. The van der Waals surface area contributed by atoms with Gasteiger partial charge in [0.2, 0.25) is 0 Å². The molecule has 1 heterocycles. The molecule has 0 amide bonds. The molecule has 1 saturated heterocycles. The molecule has 0 aromatic rings. The van der Waals surface area contributed by atoms with Crippen LogP contribution in [0.25, 0.3) is 0 Å². The van der Waals surface area contributed by atoms with E-state index in [2.05, 4.69) is 12.2 Å². The van der Waals surface area contributed by atoms with Crippen LogP contribution >= 0.6 is 0 Å². The molecule has 1 aliphatic heterocycles. The molecule has 0 aromatic carbocycles. The van der Waals surface area contributed by atoms with Gasteiger partial charge in [-0.15, -0.1) is 0 Å². The molecule has 2 N–H and O–H groups in total. The lowest BCUT2D eigenvalue weighted by atomic mass is 9.83.